The van der Waals surface area contributed by atoms with Crippen molar-refractivity contribution in [3.05, 3.63) is 42.5 Å². The third-order valence-corrected chi connectivity index (χ3v) is 9.18. The normalized spacial score (nSPS) is 24.8. The zero-order valence-electron chi connectivity index (χ0n) is 23.2. The Morgan fingerprint density at radius 3 is 2.66 bits per heavy atom. The minimum atomic E-state index is -3.52. The van der Waals surface area contributed by atoms with Crippen LogP contribution < -0.4 is 14.9 Å². The molecule has 0 bridgehead atoms. The zero-order chi connectivity index (χ0) is 29.9. The SMILES string of the molecule is CNc1nc(C)nc2c1ncn2[C@@H]1O[C@](CCl)(COP(=S)(N[C@@H](C)C(=O)OC(C)C)Oc2ccccc2)[C@@H](O)[C@H]1F. The molecule has 0 amide bonds. The molecule has 2 aromatic heterocycles. The molecule has 0 aliphatic carbocycles. The van der Waals surface area contributed by atoms with Crippen LogP contribution in [0.2, 0.25) is 0 Å². The Balaban J connectivity index is 1.61. The summed E-state index contributed by atoms with van der Waals surface area (Å²) >= 11 is 12.0. The molecule has 3 aromatic rings. The number of para-hydroxylation sites is 1. The fourth-order valence-corrected chi connectivity index (χ4v) is 6.95. The minimum absolute atomic E-state index is 0.310. The van der Waals surface area contributed by atoms with Gasteiger partial charge < -0.3 is 28.9 Å². The topological polar surface area (TPSA) is 142 Å². The van der Waals surface area contributed by atoms with E-state index in [0.29, 0.717) is 28.6 Å². The number of aryl methyl sites for hydroxylation is 1. The smallest absolute Gasteiger partial charge is 0.323 e. The number of anilines is 1. The molecule has 1 saturated heterocycles. The molecule has 4 rings (SSSR count). The first-order chi connectivity index (χ1) is 19.4. The van der Waals surface area contributed by atoms with Crippen molar-refractivity contribution in [1.29, 1.82) is 0 Å². The van der Waals surface area contributed by atoms with Crippen LogP contribution in [0.5, 0.6) is 5.75 Å². The van der Waals surface area contributed by atoms with E-state index in [-0.39, 0.29) is 12.0 Å². The van der Waals surface area contributed by atoms with Gasteiger partial charge in [0.05, 0.1) is 24.9 Å². The lowest BCUT2D eigenvalue weighted by Crippen LogP contribution is -2.48. The number of carbonyl (C=O) groups is 1. The highest BCUT2D eigenvalue weighted by Gasteiger charge is 2.57. The number of aliphatic hydroxyl groups excluding tert-OH is 1. The van der Waals surface area contributed by atoms with Crippen LogP contribution in [0.3, 0.4) is 0 Å². The highest BCUT2D eigenvalue weighted by atomic mass is 35.5. The van der Waals surface area contributed by atoms with Gasteiger partial charge in [0, 0.05) is 7.05 Å². The summed E-state index contributed by atoms with van der Waals surface area (Å²) in [6.07, 6.45) is -3.96. The van der Waals surface area contributed by atoms with Gasteiger partial charge >= 0.3 is 12.6 Å². The molecule has 41 heavy (non-hydrogen) atoms. The minimum Gasteiger partial charge on any atom is -0.462 e. The summed E-state index contributed by atoms with van der Waals surface area (Å²) in [4.78, 5) is 25.5. The Kier molecular flexibility index (Phi) is 9.85. The Morgan fingerprint density at radius 2 is 2.02 bits per heavy atom. The largest absolute Gasteiger partial charge is 0.462 e. The van der Waals surface area contributed by atoms with Crippen molar-refractivity contribution in [3.63, 3.8) is 0 Å². The number of nitrogens with zero attached hydrogens (tertiary/aromatic N) is 4. The number of aliphatic hydroxyl groups is 1. The molecule has 1 aliphatic rings. The van der Waals surface area contributed by atoms with E-state index >= 15 is 4.39 Å². The number of alkyl halides is 2. The highest BCUT2D eigenvalue weighted by Crippen LogP contribution is 2.49. The first kappa shape index (κ1) is 31.5. The molecule has 3 N–H and O–H groups in total. The number of nitrogens with one attached hydrogen (secondary N) is 2. The van der Waals surface area contributed by atoms with Crippen LogP contribution >= 0.6 is 18.2 Å². The van der Waals surface area contributed by atoms with Crippen molar-refractivity contribution < 1.29 is 32.8 Å². The number of esters is 1. The van der Waals surface area contributed by atoms with E-state index in [2.05, 4.69) is 25.4 Å². The average Bonchev–Trinajstić information content (AvgIpc) is 3.46. The van der Waals surface area contributed by atoms with Crippen molar-refractivity contribution in [2.75, 3.05) is 24.9 Å². The van der Waals surface area contributed by atoms with Crippen LogP contribution in [-0.4, -0.2) is 80.2 Å². The molecule has 6 atom stereocenters. The van der Waals surface area contributed by atoms with Crippen molar-refractivity contribution in [1.82, 2.24) is 24.6 Å². The third kappa shape index (κ3) is 6.80. The van der Waals surface area contributed by atoms with Gasteiger partial charge in [0.25, 0.3) is 0 Å². The molecule has 12 nitrogen and oxygen atoms in total. The number of rotatable bonds is 12. The van der Waals surface area contributed by atoms with Crippen molar-refractivity contribution >= 4 is 53.0 Å². The zero-order valence-corrected chi connectivity index (χ0v) is 25.6. The van der Waals surface area contributed by atoms with E-state index in [4.69, 9.17) is 41.9 Å². The van der Waals surface area contributed by atoms with E-state index in [1.54, 1.807) is 65.1 Å². The molecular weight excluding hydrogens is 598 g/mol. The molecule has 1 unspecified atom stereocenters. The number of benzene rings is 1. The number of halogens is 2. The second-order valence-corrected chi connectivity index (χ2v) is 13.2. The van der Waals surface area contributed by atoms with Gasteiger partial charge in [-0.2, -0.15) is 0 Å². The lowest BCUT2D eigenvalue weighted by molar-refractivity contribution is -0.149. The number of imidazole rings is 1. The number of carbonyl (C=O) groups excluding carboxylic acids is 1. The quantitative estimate of drug-likeness (QED) is 0.153. The van der Waals surface area contributed by atoms with Gasteiger partial charge in [0.2, 0.25) is 0 Å². The Bertz CT molecular complexity index is 1420. The molecule has 224 valence electrons. The number of aromatic nitrogens is 4. The van der Waals surface area contributed by atoms with Gasteiger partial charge in [0.15, 0.2) is 29.4 Å². The monoisotopic (exact) mass is 630 g/mol. The van der Waals surface area contributed by atoms with Crippen LogP contribution in [0.15, 0.2) is 36.7 Å². The van der Waals surface area contributed by atoms with Gasteiger partial charge in [-0.15, -0.1) is 11.6 Å². The molecule has 0 saturated carbocycles. The Morgan fingerprint density at radius 1 is 1.32 bits per heavy atom. The second kappa shape index (κ2) is 12.8. The van der Waals surface area contributed by atoms with Crippen molar-refractivity contribution in [2.24, 2.45) is 0 Å². The maximum atomic E-state index is 15.7. The first-order valence-electron chi connectivity index (χ1n) is 12.8. The van der Waals surface area contributed by atoms with E-state index in [1.807, 2.05) is 0 Å². The number of hydrogen-bond acceptors (Lipinski definition) is 11. The maximum absolute atomic E-state index is 15.7. The highest BCUT2D eigenvalue weighted by molar-refractivity contribution is 8.09. The fraction of sp³-hybridized carbons (Fsp3) is 0.520. The molecule has 0 spiro atoms. The van der Waals surface area contributed by atoms with E-state index in [9.17, 15) is 9.90 Å². The summed E-state index contributed by atoms with van der Waals surface area (Å²) in [6.45, 7) is 2.71. The molecule has 3 heterocycles. The number of hydrogen-bond donors (Lipinski definition) is 3. The summed E-state index contributed by atoms with van der Waals surface area (Å²) < 4.78 is 40.5. The average molecular weight is 631 g/mol. The van der Waals surface area contributed by atoms with E-state index in [0.717, 1.165) is 0 Å². The predicted molar refractivity (Wildman–Crippen MR) is 155 cm³/mol. The van der Waals surface area contributed by atoms with Crippen molar-refractivity contribution in [3.8, 4) is 5.75 Å². The van der Waals surface area contributed by atoms with Crippen LogP contribution in [-0.2, 0) is 30.6 Å². The van der Waals surface area contributed by atoms with E-state index in [1.165, 1.54) is 10.9 Å². The van der Waals surface area contributed by atoms with Crippen molar-refractivity contribution in [2.45, 2.75) is 63.9 Å². The van der Waals surface area contributed by atoms with Gasteiger partial charge in [-0.05, 0) is 51.6 Å². The molecule has 0 radical (unpaired) electrons. The fourth-order valence-electron chi connectivity index (χ4n) is 4.21. The van der Waals surface area contributed by atoms with Crippen LogP contribution in [0.4, 0.5) is 10.2 Å². The Hall–Kier alpha value is -2.45. The third-order valence-electron chi connectivity index (χ3n) is 6.24. The number of ether oxygens (including phenoxy) is 2. The molecule has 16 heteroatoms. The molecule has 1 fully saturated rings. The van der Waals surface area contributed by atoms with Gasteiger partial charge in [0.1, 0.15) is 29.3 Å². The first-order valence-corrected chi connectivity index (χ1v) is 16.0. The van der Waals surface area contributed by atoms with Gasteiger partial charge in [-0.25, -0.2) is 24.4 Å². The van der Waals surface area contributed by atoms with Gasteiger partial charge in [-0.3, -0.25) is 9.36 Å². The van der Waals surface area contributed by atoms with E-state index < -0.39 is 49.4 Å². The number of fused-ring (bicyclic) bond motifs is 1. The lowest BCUT2D eigenvalue weighted by atomic mass is 9.99. The second-order valence-electron chi connectivity index (χ2n) is 9.80. The predicted octanol–water partition coefficient (Wildman–Crippen LogP) is 3.63. The summed E-state index contributed by atoms with van der Waals surface area (Å²) in [6, 6.07) is 7.72. The standard InChI is InChI=1S/C25H33ClFN6O6PS/c1-14(2)37-24(35)15(3)32-40(41,39-17-9-7-6-8-10-17)36-12-25(11-26)20(34)18(27)23(38-25)33-13-29-19-21(28-5)30-16(4)31-22(19)33/h6-10,13-15,18,20,23,34H,11-12H2,1-5H3,(H,32,41)(H,28,30,31)/t15-,18+,20-,23+,25+,40?/m0/s1. The summed E-state index contributed by atoms with van der Waals surface area (Å²) in [5.41, 5.74) is -1.02. The Labute approximate surface area is 247 Å². The summed E-state index contributed by atoms with van der Waals surface area (Å²) in [5.74, 6) is 0.357. The molecular formula is C25H33ClFN6O6PS. The van der Waals surface area contributed by atoms with Gasteiger partial charge in [-0.1, -0.05) is 18.2 Å². The molecule has 1 aromatic carbocycles. The van der Waals surface area contributed by atoms with Crippen LogP contribution in [0, 0.1) is 6.92 Å². The molecule has 1 aliphatic heterocycles. The summed E-state index contributed by atoms with van der Waals surface area (Å²) in [7, 11) is 1.68. The maximum Gasteiger partial charge on any atom is 0.323 e. The summed E-state index contributed by atoms with van der Waals surface area (Å²) in [5, 5.41) is 16.9. The van der Waals surface area contributed by atoms with Crippen LogP contribution in [0.1, 0.15) is 32.8 Å². The lowest BCUT2D eigenvalue weighted by Gasteiger charge is -2.33. The van der Waals surface area contributed by atoms with Crippen LogP contribution in [0.25, 0.3) is 11.2 Å².